The number of fused-ring (bicyclic) bond motifs is 1. The van der Waals surface area contributed by atoms with E-state index in [1.807, 2.05) is 65.8 Å². The molecule has 2 aromatic carbocycles. The van der Waals surface area contributed by atoms with Crippen molar-refractivity contribution in [1.29, 1.82) is 0 Å². The number of hydrogen-bond donors (Lipinski definition) is 1. The van der Waals surface area contributed by atoms with Crippen LogP contribution in [0, 0.1) is 0 Å². The van der Waals surface area contributed by atoms with Gasteiger partial charge in [-0.05, 0) is 62.6 Å². The van der Waals surface area contributed by atoms with Gasteiger partial charge in [-0.3, -0.25) is 9.79 Å². The quantitative estimate of drug-likeness (QED) is 0.371. The maximum Gasteiger partial charge on any atom is 0.237 e. The van der Waals surface area contributed by atoms with E-state index in [0.717, 1.165) is 42.5 Å². The topological polar surface area (TPSA) is 92.2 Å². The van der Waals surface area contributed by atoms with E-state index < -0.39 is 0 Å². The summed E-state index contributed by atoms with van der Waals surface area (Å²) in [5.41, 5.74) is 3.45. The second-order valence-corrected chi connectivity index (χ2v) is 11.6. The van der Waals surface area contributed by atoms with Crippen molar-refractivity contribution in [2.24, 2.45) is 4.99 Å². The smallest absolute Gasteiger partial charge is 0.237 e. The van der Waals surface area contributed by atoms with Crippen LogP contribution < -0.4 is 14.8 Å². The fraction of sp³-hybridized carbons (Fsp3) is 0.370. The number of likely N-dealkylation sites (N-methyl/N-ethyl adjacent to an activating group) is 1. The summed E-state index contributed by atoms with van der Waals surface area (Å²) in [6, 6.07) is 11.4. The predicted octanol–water partition coefficient (Wildman–Crippen LogP) is 4.41. The highest BCUT2D eigenvalue weighted by Crippen LogP contribution is 2.34. The maximum atomic E-state index is 12.7. The number of anilines is 2. The first-order valence-electron chi connectivity index (χ1n) is 12.5. The lowest BCUT2D eigenvalue weighted by Gasteiger charge is -2.26. The molecule has 0 radical (unpaired) electrons. The number of nitrogens with zero attached hydrogens (tertiary/aromatic N) is 5. The van der Waals surface area contributed by atoms with Gasteiger partial charge in [0.25, 0.3) is 0 Å². The lowest BCUT2D eigenvalue weighted by molar-refractivity contribution is -0.133. The van der Waals surface area contributed by atoms with Gasteiger partial charge in [0.15, 0.2) is 0 Å². The Morgan fingerprint density at radius 2 is 2.11 bits per heavy atom. The first-order valence-corrected chi connectivity index (χ1v) is 14.4. The Kier molecular flexibility index (Phi) is 8.41. The van der Waals surface area contributed by atoms with Crippen LogP contribution in [-0.2, 0) is 4.79 Å². The van der Waals surface area contributed by atoms with E-state index in [2.05, 4.69) is 25.6 Å². The average molecular weight is 555 g/mol. The molecule has 2 atom stereocenters. The fourth-order valence-corrected chi connectivity index (χ4v) is 5.84. The Morgan fingerprint density at radius 1 is 1.21 bits per heavy atom. The molecular formula is C27H31ClN6O3S. The molecule has 1 N–H and O–H groups in total. The van der Waals surface area contributed by atoms with Gasteiger partial charge in [0, 0.05) is 12.2 Å². The third kappa shape index (κ3) is 6.25. The lowest BCUT2D eigenvalue weighted by atomic mass is 10.2. The summed E-state index contributed by atoms with van der Waals surface area (Å²) < 4.78 is 12.2. The molecule has 200 valence electrons. The zero-order chi connectivity index (χ0) is 26.5. The number of carbonyl (C=O) groups excluding carboxylic acids is 1. The van der Waals surface area contributed by atoms with E-state index in [-0.39, 0.29) is 22.4 Å². The standard InChI is InChI=1S/C27H31ClN6O3S/c1-33(2)14-25(35)34-11-4-5-20(34)15-36-24-7-3-6-22-26(24)27(31-16-30-22)32-19-8-9-23(21(28)13-19)37-18-38-12-10-29-17-38/h3,6-9,12-13,16-17,20H,4-5,10-11,14-15,18H2,1-2H3,(H,30,31,32)/t20-,38?/m1/s1. The number of amides is 1. The Balaban J connectivity index is 1.31. The number of hydrogen-bond acceptors (Lipinski definition) is 8. The number of aromatic nitrogens is 2. The van der Waals surface area contributed by atoms with Gasteiger partial charge in [0.1, 0.15) is 36.2 Å². The molecule has 0 aliphatic carbocycles. The van der Waals surface area contributed by atoms with Crippen LogP contribution in [0.3, 0.4) is 0 Å². The minimum Gasteiger partial charge on any atom is -0.491 e. The van der Waals surface area contributed by atoms with E-state index in [4.69, 9.17) is 21.1 Å². The molecule has 3 heterocycles. The highest BCUT2D eigenvalue weighted by molar-refractivity contribution is 8.26. The second-order valence-electron chi connectivity index (χ2n) is 9.44. The van der Waals surface area contributed by atoms with Gasteiger partial charge in [0.05, 0.1) is 40.6 Å². The molecule has 11 heteroatoms. The number of halogens is 1. The Morgan fingerprint density at radius 3 is 2.89 bits per heavy atom. The number of carbonyl (C=O) groups is 1. The molecule has 0 spiro atoms. The number of nitrogens with one attached hydrogen (secondary N) is 1. The van der Waals surface area contributed by atoms with Crippen LogP contribution in [0.15, 0.2) is 47.7 Å². The maximum absolute atomic E-state index is 12.7. The van der Waals surface area contributed by atoms with Gasteiger partial charge in [-0.1, -0.05) is 17.7 Å². The number of benzene rings is 2. The lowest BCUT2D eigenvalue weighted by Crippen LogP contribution is -2.43. The van der Waals surface area contributed by atoms with E-state index in [9.17, 15) is 4.79 Å². The number of aliphatic imine (C=N–C) groups is 1. The zero-order valence-electron chi connectivity index (χ0n) is 21.5. The van der Waals surface area contributed by atoms with Crippen LogP contribution in [0.4, 0.5) is 11.5 Å². The summed E-state index contributed by atoms with van der Waals surface area (Å²) in [6.07, 6.45) is 3.42. The summed E-state index contributed by atoms with van der Waals surface area (Å²) in [5.74, 6) is 2.57. The molecule has 9 nitrogen and oxygen atoms in total. The second kappa shape index (κ2) is 12.1. The van der Waals surface area contributed by atoms with Crippen LogP contribution in [-0.4, -0.2) is 88.9 Å². The minimum atomic E-state index is -0.0703. The summed E-state index contributed by atoms with van der Waals surface area (Å²) in [5, 5.41) is 6.78. The predicted molar refractivity (Wildman–Crippen MR) is 156 cm³/mol. The van der Waals surface area contributed by atoms with Gasteiger partial charge in [-0.2, -0.15) is 0 Å². The Bertz CT molecular complexity index is 1380. The SMILES string of the molecule is CN(C)CC(=O)N1CCC[C@@H]1COc1cccc2ncnc(Nc3ccc(OCS4=CCN=C4)c(Cl)c3)c12. The summed E-state index contributed by atoms with van der Waals surface area (Å²) in [4.78, 5) is 29.7. The van der Waals surface area contributed by atoms with Gasteiger partial charge >= 0.3 is 0 Å². The highest BCUT2D eigenvalue weighted by atomic mass is 35.5. The molecule has 1 fully saturated rings. The van der Waals surface area contributed by atoms with Crippen LogP contribution in [0.2, 0.25) is 5.02 Å². The number of ether oxygens (including phenoxy) is 2. The third-order valence-corrected chi connectivity index (χ3v) is 8.04. The molecule has 0 saturated carbocycles. The zero-order valence-corrected chi connectivity index (χ0v) is 23.0. The van der Waals surface area contributed by atoms with Crippen molar-refractivity contribution >= 4 is 61.3 Å². The van der Waals surface area contributed by atoms with Gasteiger partial charge < -0.3 is 24.6 Å². The highest BCUT2D eigenvalue weighted by Gasteiger charge is 2.29. The summed E-state index contributed by atoms with van der Waals surface area (Å²) >= 11 is 6.53. The van der Waals surface area contributed by atoms with Crippen LogP contribution in [0.1, 0.15) is 12.8 Å². The van der Waals surface area contributed by atoms with Crippen molar-refractivity contribution in [3.05, 3.63) is 47.7 Å². The average Bonchev–Trinajstić information content (AvgIpc) is 3.59. The van der Waals surface area contributed by atoms with Crippen LogP contribution in [0.5, 0.6) is 11.5 Å². The molecule has 1 aromatic heterocycles. The monoisotopic (exact) mass is 554 g/mol. The number of likely N-dealkylation sites (tertiary alicyclic amines) is 1. The molecule has 3 aromatic rings. The van der Waals surface area contributed by atoms with Crippen LogP contribution in [0.25, 0.3) is 10.9 Å². The molecule has 1 amide bonds. The molecule has 38 heavy (non-hydrogen) atoms. The summed E-state index contributed by atoms with van der Waals surface area (Å²) in [6.45, 7) is 2.32. The van der Waals surface area contributed by atoms with Crippen molar-refractivity contribution in [2.75, 3.05) is 51.6 Å². The number of rotatable bonds is 10. The van der Waals surface area contributed by atoms with E-state index in [1.165, 1.54) is 6.33 Å². The van der Waals surface area contributed by atoms with Crippen molar-refractivity contribution in [3.8, 4) is 11.5 Å². The Labute approximate surface area is 229 Å². The molecule has 5 rings (SSSR count). The van der Waals surface area contributed by atoms with Crippen molar-refractivity contribution in [1.82, 2.24) is 19.8 Å². The first kappa shape index (κ1) is 26.4. The molecule has 0 bridgehead atoms. The van der Waals surface area contributed by atoms with Crippen molar-refractivity contribution in [3.63, 3.8) is 0 Å². The molecule has 1 unspecified atom stereocenters. The minimum absolute atomic E-state index is 0.0406. The fourth-order valence-electron chi connectivity index (χ4n) is 4.54. The van der Waals surface area contributed by atoms with Gasteiger partial charge in [0.2, 0.25) is 5.91 Å². The Hall–Kier alpha value is -3.21. The normalized spacial score (nSPS) is 18.7. The first-order chi connectivity index (χ1) is 18.5. The van der Waals surface area contributed by atoms with Crippen LogP contribution >= 0.6 is 22.1 Å². The van der Waals surface area contributed by atoms with E-state index >= 15 is 0 Å². The van der Waals surface area contributed by atoms with E-state index in [1.54, 1.807) is 0 Å². The molecule has 1 saturated heterocycles. The largest absolute Gasteiger partial charge is 0.491 e. The molecule has 2 aliphatic rings. The van der Waals surface area contributed by atoms with Gasteiger partial charge in [-0.25, -0.2) is 9.97 Å². The van der Waals surface area contributed by atoms with Crippen molar-refractivity contribution in [2.45, 2.75) is 18.9 Å². The van der Waals surface area contributed by atoms with Crippen molar-refractivity contribution < 1.29 is 14.3 Å². The third-order valence-electron chi connectivity index (χ3n) is 6.35. The van der Waals surface area contributed by atoms with Gasteiger partial charge in [-0.15, -0.1) is 10.5 Å². The van der Waals surface area contributed by atoms with E-state index in [0.29, 0.717) is 41.4 Å². The molecular weight excluding hydrogens is 524 g/mol. The summed E-state index contributed by atoms with van der Waals surface area (Å²) in [7, 11) is 3.74. The molecule has 2 aliphatic heterocycles.